The van der Waals surface area contributed by atoms with Crippen LogP contribution in [0.15, 0.2) is 0 Å². The zero-order valence-electron chi connectivity index (χ0n) is 13.1. The van der Waals surface area contributed by atoms with Crippen LogP contribution in [0.5, 0.6) is 0 Å². The number of amides is 1. The lowest BCUT2D eigenvalue weighted by Gasteiger charge is -2.30. The molecule has 1 amide bonds. The molecule has 1 atom stereocenters. The smallest absolute Gasteiger partial charge is 0.233 e. The molecule has 0 aromatic carbocycles. The van der Waals surface area contributed by atoms with Crippen molar-refractivity contribution in [3.05, 3.63) is 0 Å². The Balaban J connectivity index is 1.72. The first-order valence-electron chi connectivity index (χ1n) is 8.39. The molecule has 2 aliphatic heterocycles. The molecule has 20 heavy (non-hydrogen) atoms. The van der Waals surface area contributed by atoms with Crippen LogP contribution in [0.4, 0.5) is 0 Å². The summed E-state index contributed by atoms with van der Waals surface area (Å²) in [7, 11) is 0. The number of hydrogen-bond donors (Lipinski definition) is 0. The van der Waals surface area contributed by atoms with E-state index in [9.17, 15) is 4.79 Å². The van der Waals surface area contributed by atoms with E-state index in [1.165, 1.54) is 58.2 Å². The molecular formula is C16H30N2OS. The van der Waals surface area contributed by atoms with E-state index >= 15 is 0 Å². The molecule has 0 radical (unpaired) electrons. The van der Waals surface area contributed by atoms with Gasteiger partial charge in [-0.15, -0.1) is 11.8 Å². The van der Waals surface area contributed by atoms with E-state index in [0.717, 1.165) is 6.54 Å². The van der Waals surface area contributed by atoms with E-state index in [1.54, 1.807) is 0 Å². The number of unbranched alkanes of at least 4 members (excludes halogenated alkanes) is 1. The van der Waals surface area contributed by atoms with Crippen molar-refractivity contribution in [1.29, 1.82) is 0 Å². The van der Waals surface area contributed by atoms with Crippen LogP contribution in [0.1, 0.15) is 52.4 Å². The highest BCUT2D eigenvalue weighted by Gasteiger charge is 2.35. The van der Waals surface area contributed by atoms with Crippen LogP contribution in [-0.2, 0) is 4.79 Å². The molecule has 4 heteroatoms. The highest BCUT2D eigenvalue weighted by molar-refractivity contribution is 8.01. The van der Waals surface area contributed by atoms with Gasteiger partial charge < -0.3 is 9.80 Å². The molecule has 3 nitrogen and oxygen atoms in total. The van der Waals surface area contributed by atoms with Gasteiger partial charge in [0.2, 0.25) is 5.91 Å². The normalized spacial score (nSPS) is 24.2. The molecule has 0 bridgehead atoms. The van der Waals surface area contributed by atoms with Gasteiger partial charge in [0.25, 0.3) is 0 Å². The summed E-state index contributed by atoms with van der Waals surface area (Å²) in [6.45, 7) is 9.28. The summed E-state index contributed by atoms with van der Waals surface area (Å²) in [6.07, 6.45) is 7.52. The maximum atomic E-state index is 12.1. The van der Waals surface area contributed by atoms with Gasteiger partial charge in [-0.25, -0.2) is 0 Å². The molecule has 116 valence electrons. The SMILES string of the molecule is CCC(CC)C1SCC(=O)N1CCCCN1CCCC1. The van der Waals surface area contributed by atoms with Crippen LogP contribution in [0.25, 0.3) is 0 Å². The van der Waals surface area contributed by atoms with Crippen molar-refractivity contribution >= 4 is 17.7 Å². The molecule has 2 aliphatic rings. The van der Waals surface area contributed by atoms with E-state index in [0.29, 0.717) is 23.0 Å². The van der Waals surface area contributed by atoms with Gasteiger partial charge in [-0.05, 0) is 51.2 Å². The summed E-state index contributed by atoms with van der Waals surface area (Å²) in [5.41, 5.74) is 0. The molecule has 2 saturated heterocycles. The Hall–Kier alpha value is -0.220. The molecule has 0 aliphatic carbocycles. The summed E-state index contributed by atoms with van der Waals surface area (Å²) in [5, 5.41) is 0.448. The molecule has 1 unspecified atom stereocenters. The van der Waals surface area contributed by atoms with E-state index in [1.807, 2.05) is 11.8 Å². The summed E-state index contributed by atoms with van der Waals surface area (Å²) >= 11 is 1.87. The number of carbonyl (C=O) groups excluding carboxylic acids is 1. The van der Waals surface area contributed by atoms with Gasteiger partial charge >= 0.3 is 0 Å². The number of thioether (sulfide) groups is 1. The zero-order valence-corrected chi connectivity index (χ0v) is 14.0. The Morgan fingerprint density at radius 1 is 1.15 bits per heavy atom. The molecular weight excluding hydrogens is 268 g/mol. The maximum Gasteiger partial charge on any atom is 0.233 e. The lowest BCUT2D eigenvalue weighted by Crippen LogP contribution is -2.38. The van der Waals surface area contributed by atoms with Crippen LogP contribution in [0.2, 0.25) is 0 Å². The van der Waals surface area contributed by atoms with Gasteiger partial charge in [-0.2, -0.15) is 0 Å². The number of nitrogens with zero attached hydrogens (tertiary/aromatic N) is 2. The standard InChI is InChI=1S/C16H30N2OS/c1-3-14(4-2)16-18(15(19)13-20-16)12-8-7-11-17-9-5-6-10-17/h14,16H,3-13H2,1-2H3. The molecule has 2 fully saturated rings. The number of carbonyl (C=O) groups is 1. The largest absolute Gasteiger partial charge is 0.330 e. The fourth-order valence-electron chi connectivity index (χ4n) is 3.43. The van der Waals surface area contributed by atoms with Gasteiger partial charge in [0, 0.05) is 6.54 Å². The van der Waals surface area contributed by atoms with E-state index in [-0.39, 0.29) is 0 Å². The van der Waals surface area contributed by atoms with Crippen molar-refractivity contribution < 1.29 is 4.79 Å². The Kier molecular flexibility index (Phi) is 6.69. The summed E-state index contributed by atoms with van der Waals surface area (Å²) in [4.78, 5) is 16.8. The molecule has 2 rings (SSSR count). The Morgan fingerprint density at radius 2 is 1.80 bits per heavy atom. The lowest BCUT2D eigenvalue weighted by molar-refractivity contribution is -0.128. The monoisotopic (exact) mass is 298 g/mol. The molecule has 0 aromatic rings. The van der Waals surface area contributed by atoms with Crippen molar-refractivity contribution in [2.45, 2.75) is 57.7 Å². The highest BCUT2D eigenvalue weighted by Crippen LogP contribution is 2.34. The van der Waals surface area contributed by atoms with E-state index in [2.05, 4.69) is 23.6 Å². The van der Waals surface area contributed by atoms with E-state index < -0.39 is 0 Å². The number of rotatable bonds is 8. The number of likely N-dealkylation sites (tertiary alicyclic amines) is 1. The first-order chi connectivity index (χ1) is 9.76. The molecule has 2 heterocycles. The maximum absolute atomic E-state index is 12.1. The van der Waals surface area contributed by atoms with Crippen molar-refractivity contribution in [2.75, 3.05) is 31.9 Å². The Morgan fingerprint density at radius 3 is 2.45 bits per heavy atom. The first-order valence-corrected chi connectivity index (χ1v) is 9.44. The van der Waals surface area contributed by atoms with Crippen molar-refractivity contribution in [3.8, 4) is 0 Å². The van der Waals surface area contributed by atoms with Crippen LogP contribution in [-0.4, -0.2) is 53.0 Å². The van der Waals surface area contributed by atoms with Crippen LogP contribution in [0, 0.1) is 5.92 Å². The van der Waals surface area contributed by atoms with Gasteiger partial charge in [0.05, 0.1) is 11.1 Å². The van der Waals surface area contributed by atoms with Crippen molar-refractivity contribution in [1.82, 2.24) is 9.80 Å². The molecule has 0 spiro atoms. The second-order valence-electron chi connectivity index (χ2n) is 6.12. The zero-order chi connectivity index (χ0) is 14.4. The second kappa shape index (κ2) is 8.28. The van der Waals surface area contributed by atoms with Gasteiger partial charge in [0.15, 0.2) is 0 Å². The minimum absolute atomic E-state index is 0.369. The summed E-state index contributed by atoms with van der Waals surface area (Å²) in [6, 6.07) is 0. The van der Waals surface area contributed by atoms with Gasteiger partial charge in [0.1, 0.15) is 0 Å². The quantitative estimate of drug-likeness (QED) is 0.643. The fourth-order valence-corrected chi connectivity index (χ4v) is 4.97. The predicted molar refractivity (Wildman–Crippen MR) is 86.9 cm³/mol. The fraction of sp³-hybridized carbons (Fsp3) is 0.938. The number of hydrogen-bond acceptors (Lipinski definition) is 3. The highest BCUT2D eigenvalue weighted by atomic mass is 32.2. The van der Waals surface area contributed by atoms with Crippen LogP contribution >= 0.6 is 11.8 Å². The third-order valence-electron chi connectivity index (χ3n) is 4.78. The average Bonchev–Trinajstić information content (AvgIpc) is 3.08. The second-order valence-corrected chi connectivity index (χ2v) is 7.23. The summed E-state index contributed by atoms with van der Waals surface area (Å²) in [5.74, 6) is 1.74. The third kappa shape index (κ3) is 4.14. The minimum Gasteiger partial charge on any atom is -0.330 e. The molecule has 0 aromatic heterocycles. The minimum atomic E-state index is 0.369. The van der Waals surface area contributed by atoms with Crippen LogP contribution in [0.3, 0.4) is 0 Å². The van der Waals surface area contributed by atoms with E-state index in [4.69, 9.17) is 0 Å². The lowest BCUT2D eigenvalue weighted by atomic mass is 10.0. The topological polar surface area (TPSA) is 23.6 Å². The molecule has 0 N–H and O–H groups in total. The Labute approximate surface area is 128 Å². The van der Waals surface area contributed by atoms with Crippen molar-refractivity contribution in [3.63, 3.8) is 0 Å². The summed E-state index contributed by atoms with van der Waals surface area (Å²) < 4.78 is 0. The molecule has 0 saturated carbocycles. The van der Waals surface area contributed by atoms with Gasteiger partial charge in [-0.3, -0.25) is 4.79 Å². The average molecular weight is 298 g/mol. The predicted octanol–water partition coefficient (Wildman–Crippen LogP) is 3.20. The van der Waals surface area contributed by atoms with Gasteiger partial charge in [-0.1, -0.05) is 26.7 Å². The third-order valence-corrected chi connectivity index (χ3v) is 6.17. The van der Waals surface area contributed by atoms with Crippen LogP contribution < -0.4 is 0 Å². The Bertz CT molecular complexity index is 301. The van der Waals surface area contributed by atoms with Crippen molar-refractivity contribution in [2.24, 2.45) is 5.92 Å². The first kappa shape index (κ1) is 16.2.